The van der Waals surface area contributed by atoms with Crippen molar-refractivity contribution in [1.82, 2.24) is 4.98 Å². The average molecular weight is 258 g/mol. The third-order valence-electron chi connectivity index (χ3n) is 3.60. The summed E-state index contributed by atoms with van der Waals surface area (Å²) < 4.78 is 5.20. The molecular weight excluding hydrogens is 240 g/mol. The first-order chi connectivity index (χ1) is 9.19. The van der Waals surface area contributed by atoms with Gasteiger partial charge in [0.2, 0.25) is 5.88 Å². The summed E-state index contributed by atoms with van der Waals surface area (Å²) >= 11 is 0. The monoisotopic (exact) mass is 258 g/mol. The highest BCUT2D eigenvalue weighted by Crippen LogP contribution is 2.29. The molecule has 1 aliphatic carbocycles. The Hall–Kier alpha value is -1.89. The van der Waals surface area contributed by atoms with Crippen LogP contribution in [0.2, 0.25) is 0 Å². The van der Waals surface area contributed by atoms with Gasteiger partial charge >= 0.3 is 0 Å². The smallest absolute Gasteiger partial charge is 0.225 e. The molecule has 1 aliphatic rings. The van der Waals surface area contributed by atoms with Gasteiger partial charge in [-0.15, -0.1) is 0 Å². The minimum atomic E-state index is -0.161. The Morgan fingerprint density at radius 2 is 1.95 bits per heavy atom. The van der Waals surface area contributed by atoms with Crippen LogP contribution in [-0.2, 0) is 12.8 Å². The van der Waals surface area contributed by atoms with Crippen LogP contribution in [0.3, 0.4) is 0 Å². The van der Waals surface area contributed by atoms with Gasteiger partial charge in [0.05, 0.1) is 18.2 Å². The molecular formula is C15H18N2O2. The number of Topliss-reactive ketones (excluding diaryl/α,β-unsaturated/α-hetero) is 1. The van der Waals surface area contributed by atoms with E-state index >= 15 is 0 Å². The highest BCUT2D eigenvalue weighted by molar-refractivity contribution is 5.99. The molecule has 19 heavy (non-hydrogen) atoms. The number of nitriles is 1. The molecule has 4 nitrogen and oxygen atoms in total. The van der Waals surface area contributed by atoms with Crippen LogP contribution in [-0.4, -0.2) is 17.9 Å². The quantitative estimate of drug-likeness (QED) is 0.765. The van der Waals surface area contributed by atoms with Crippen LogP contribution in [0.25, 0.3) is 0 Å². The topological polar surface area (TPSA) is 63.0 Å². The third kappa shape index (κ3) is 2.60. The van der Waals surface area contributed by atoms with Gasteiger partial charge in [-0.3, -0.25) is 4.79 Å². The summed E-state index contributed by atoms with van der Waals surface area (Å²) in [6.07, 6.45) is 6.18. The van der Waals surface area contributed by atoms with E-state index in [0.717, 1.165) is 36.9 Å². The minimum absolute atomic E-state index is 0.161. The van der Waals surface area contributed by atoms with E-state index in [9.17, 15) is 10.1 Å². The number of nitrogens with zero attached hydrogens (tertiary/aromatic N) is 2. The van der Waals surface area contributed by atoms with Gasteiger partial charge in [0, 0.05) is 5.69 Å². The van der Waals surface area contributed by atoms with E-state index in [4.69, 9.17) is 4.74 Å². The number of rotatable bonds is 2. The Balaban J connectivity index is 2.66. The van der Waals surface area contributed by atoms with Gasteiger partial charge in [-0.25, -0.2) is 4.98 Å². The predicted octanol–water partition coefficient (Wildman–Crippen LogP) is 2.82. The Morgan fingerprint density at radius 1 is 1.26 bits per heavy atom. The SMILES string of the molecule is COc1nc2c(c(C#N)c1C(C)=O)CCCCCC2. The van der Waals surface area contributed by atoms with Gasteiger partial charge in [0.25, 0.3) is 0 Å². The number of hydrogen-bond donors (Lipinski definition) is 0. The maximum atomic E-state index is 11.8. The number of methoxy groups -OCH3 is 1. The van der Waals surface area contributed by atoms with Crippen LogP contribution in [0, 0.1) is 11.3 Å². The molecule has 4 heteroatoms. The van der Waals surface area contributed by atoms with Crippen molar-refractivity contribution >= 4 is 5.78 Å². The molecule has 0 atom stereocenters. The lowest BCUT2D eigenvalue weighted by atomic mass is 9.91. The second-order valence-corrected chi connectivity index (χ2v) is 4.88. The lowest BCUT2D eigenvalue weighted by molar-refractivity contribution is 0.101. The summed E-state index contributed by atoms with van der Waals surface area (Å²) in [6.45, 7) is 1.45. The molecule has 100 valence electrons. The van der Waals surface area contributed by atoms with Crippen LogP contribution in [0.1, 0.15) is 59.8 Å². The van der Waals surface area contributed by atoms with Gasteiger partial charge in [0.15, 0.2) is 5.78 Å². The van der Waals surface area contributed by atoms with E-state index in [1.165, 1.54) is 26.9 Å². The van der Waals surface area contributed by atoms with E-state index in [-0.39, 0.29) is 5.78 Å². The van der Waals surface area contributed by atoms with Crippen molar-refractivity contribution in [3.8, 4) is 11.9 Å². The van der Waals surface area contributed by atoms with Gasteiger partial charge in [-0.2, -0.15) is 5.26 Å². The first-order valence-corrected chi connectivity index (χ1v) is 6.69. The first-order valence-electron chi connectivity index (χ1n) is 6.69. The van der Waals surface area contributed by atoms with Crippen LogP contribution < -0.4 is 4.74 Å². The number of fused-ring (bicyclic) bond motifs is 1. The number of ketones is 1. The molecule has 0 saturated heterocycles. The van der Waals surface area contributed by atoms with E-state index < -0.39 is 0 Å². The van der Waals surface area contributed by atoms with Crippen LogP contribution in [0.15, 0.2) is 0 Å². The Morgan fingerprint density at radius 3 is 2.53 bits per heavy atom. The zero-order valence-corrected chi connectivity index (χ0v) is 11.5. The van der Waals surface area contributed by atoms with Crippen LogP contribution in [0.4, 0.5) is 0 Å². The first kappa shape index (κ1) is 13.5. The van der Waals surface area contributed by atoms with Crippen molar-refractivity contribution in [3.05, 3.63) is 22.4 Å². The fraction of sp³-hybridized carbons (Fsp3) is 0.533. The van der Waals surface area contributed by atoms with E-state index in [1.54, 1.807) is 0 Å². The van der Waals surface area contributed by atoms with Crippen molar-refractivity contribution in [2.45, 2.75) is 45.4 Å². The fourth-order valence-electron chi connectivity index (χ4n) is 2.67. The molecule has 0 spiro atoms. The maximum absolute atomic E-state index is 11.8. The number of aromatic nitrogens is 1. The number of carbonyl (C=O) groups excluding carboxylic acids is 1. The van der Waals surface area contributed by atoms with Crippen molar-refractivity contribution < 1.29 is 9.53 Å². The van der Waals surface area contributed by atoms with Crippen molar-refractivity contribution in [2.75, 3.05) is 7.11 Å². The van der Waals surface area contributed by atoms with E-state index in [2.05, 4.69) is 11.1 Å². The highest BCUT2D eigenvalue weighted by atomic mass is 16.5. The van der Waals surface area contributed by atoms with Gasteiger partial charge in [0.1, 0.15) is 6.07 Å². The molecule has 0 amide bonds. The van der Waals surface area contributed by atoms with Crippen molar-refractivity contribution in [3.63, 3.8) is 0 Å². The Bertz CT molecular complexity index is 544. The zero-order chi connectivity index (χ0) is 13.8. The van der Waals surface area contributed by atoms with E-state index in [1.807, 2.05) is 0 Å². The molecule has 0 saturated carbocycles. The third-order valence-corrected chi connectivity index (χ3v) is 3.60. The average Bonchev–Trinajstić information content (AvgIpc) is 2.37. The van der Waals surface area contributed by atoms with Gasteiger partial charge in [-0.1, -0.05) is 12.8 Å². The molecule has 2 rings (SSSR count). The second-order valence-electron chi connectivity index (χ2n) is 4.88. The maximum Gasteiger partial charge on any atom is 0.225 e. The normalized spacial score (nSPS) is 14.8. The number of pyridine rings is 1. The second kappa shape index (κ2) is 5.83. The van der Waals surface area contributed by atoms with Crippen LogP contribution >= 0.6 is 0 Å². The molecule has 1 heterocycles. The molecule has 0 bridgehead atoms. The minimum Gasteiger partial charge on any atom is -0.480 e. The number of carbonyl (C=O) groups is 1. The standard InChI is InChI=1S/C15H18N2O2/c1-10(18)14-12(9-16)11-7-5-3-4-6-8-13(11)17-15(14)19-2/h3-8H2,1-2H3. The lowest BCUT2D eigenvalue weighted by Crippen LogP contribution is -2.12. The fourth-order valence-corrected chi connectivity index (χ4v) is 2.67. The van der Waals surface area contributed by atoms with E-state index in [0.29, 0.717) is 17.0 Å². The summed E-state index contributed by atoms with van der Waals surface area (Å²) in [5, 5.41) is 9.42. The van der Waals surface area contributed by atoms with Crippen molar-refractivity contribution in [2.24, 2.45) is 0 Å². The molecule has 0 fully saturated rings. The molecule has 1 aromatic rings. The number of hydrogen-bond acceptors (Lipinski definition) is 4. The summed E-state index contributed by atoms with van der Waals surface area (Å²) in [7, 11) is 1.49. The number of ether oxygens (including phenoxy) is 1. The molecule has 0 N–H and O–H groups in total. The molecule has 0 aromatic carbocycles. The number of aryl methyl sites for hydroxylation is 1. The molecule has 0 aliphatic heterocycles. The predicted molar refractivity (Wildman–Crippen MR) is 71.4 cm³/mol. The summed E-state index contributed by atoms with van der Waals surface area (Å²) in [5.74, 6) is 0.133. The summed E-state index contributed by atoms with van der Waals surface area (Å²) in [4.78, 5) is 16.2. The highest BCUT2D eigenvalue weighted by Gasteiger charge is 2.23. The van der Waals surface area contributed by atoms with Crippen molar-refractivity contribution in [1.29, 1.82) is 5.26 Å². The van der Waals surface area contributed by atoms with Gasteiger partial charge in [-0.05, 0) is 38.2 Å². The zero-order valence-electron chi connectivity index (χ0n) is 11.5. The lowest BCUT2D eigenvalue weighted by Gasteiger charge is -2.18. The molecule has 0 unspecified atom stereocenters. The molecule has 1 aromatic heterocycles. The largest absolute Gasteiger partial charge is 0.480 e. The van der Waals surface area contributed by atoms with Gasteiger partial charge < -0.3 is 4.74 Å². The Kier molecular flexibility index (Phi) is 4.16. The molecule has 0 radical (unpaired) electrons. The van der Waals surface area contributed by atoms with Crippen LogP contribution in [0.5, 0.6) is 5.88 Å². The Labute approximate surface area is 113 Å². The summed E-state index contributed by atoms with van der Waals surface area (Å²) in [5.41, 5.74) is 2.69. The summed E-state index contributed by atoms with van der Waals surface area (Å²) in [6, 6.07) is 2.19.